The first-order valence-corrected chi connectivity index (χ1v) is 7.26. The van der Waals surface area contributed by atoms with Gasteiger partial charge < -0.3 is 10.5 Å². The van der Waals surface area contributed by atoms with Crippen LogP contribution in [0.25, 0.3) is 0 Å². The van der Waals surface area contributed by atoms with E-state index in [1.165, 1.54) is 11.6 Å². The summed E-state index contributed by atoms with van der Waals surface area (Å²) < 4.78 is 19.5. The van der Waals surface area contributed by atoms with Gasteiger partial charge in [-0.2, -0.15) is 0 Å². The summed E-state index contributed by atoms with van der Waals surface area (Å²) in [6.07, 6.45) is 0.834. The van der Waals surface area contributed by atoms with Gasteiger partial charge in [0, 0.05) is 5.56 Å². The summed E-state index contributed by atoms with van der Waals surface area (Å²) in [5.41, 5.74) is 9.18. The van der Waals surface area contributed by atoms with Gasteiger partial charge in [0.1, 0.15) is 18.2 Å². The molecule has 0 amide bonds. The molecular formula is C17H19ClFNO. The Labute approximate surface area is 129 Å². The maximum absolute atomic E-state index is 13.7. The van der Waals surface area contributed by atoms with Crippen LogP contribution in [-0.4, -0.2) is 6.54 Å². The van der Waals surface area contributed by atoms with Crippen molar-refractivity contribution in [1.82, 2.24) is 0 Å². The fraction of sp³-hybridized carbons (Fsp3) is 0.294. The highest BCUT2D eigenvalue weighted by Crippen LogP contribution is 2.27. The molecule has 4 heteroatoms. The van der Waals surface area contributed by atoms with Gasteiger partial charge >= 0.3 is 0 Å². The predicted molar refractivity (Wildman–Crippen MR) is 84.4 cm³/mol. The van der Waals surface area contributed by atoms with Crippen molar-refractivity contribution >= 4 is 11.6 Å². The zero-order valence-corrected chi connectivity index (χ0v) is 13.0. The molecule has 0 spiro atoms. The van der Waals surface area contributed by atoms with Crippen LogP contribution in [0, 0.1) is 19.7 Å². The molecule has 112 valence electrons. The number of rotatable bonds is 5. The van der Waals surface area contributed by atoms with Crippen LogP contribution < -0.4 is 10.5 Å². The van der Waals surface area contributed by atoms with Gasteiger partial charge in [-0.05, 0) is 55.6 Å². The van der Waals surface area contributed by atoms with Crippen LogP contribution in [0.3, 0.4) is 0 Å². The molecule has 0 heterocycles. The van der Waals surface area contributed by atoms with E-state index in [2.05, 4.69) is 12.1 Å². The van der Waals surface area contributed by atoms with E-state index >= 15 is 0 Å². The topological polar surface area (TPSA) is 35.2 Å². The van der Waals surface area contributed by atoms with Crippen molar-refractivity contribution in [3.05, 3.63) is 63.4 Å². The minimum Gasteiger partial charge on any atom is -0.488 e. The SMILES string of the molecule is Cc1cc(CCN)cc(C)c1OCc1c(F)cccc1Cl. The molecule has 0 saturated carbocycles. The Balaban J connectivity index is 2.21. The van der Waals surface area contributed by atoms with Crippen LogP contribution in [0.4, 0.5) is 4.39 Å². The molecule has 0 aliphatic carbocycles. The second-order valence-electron chi connectivity index (χ2n) is 5.09. The van der Waals surface area contributed by atoms with E-state index in [9.17, 15) is 4.39 Å². The normalized spacial score (nSPS) is 10.7. The second kappa shape index (κ2) is 6.92. The van der Waals surface area contributed by atoms with E-state index in [0.29, 0.717) is 17.1 Å². The molecule has 0 bridgehead atoms. The molecule has 2 aromatic carbocycles. The third kappa shape index (κ3) is 3.74. The van der Waals surface area contributed by atoms with Gasteiger partial charge in [0.2, 0.25) is 0 Å². The number of hydrogen-bond donors (Lipinski definition) is 1. The summed E-state index contributed by atoms with van der Waals surface area (Å²) >= 11 is 6.01. The Morgan fingerprint density at radius 3 is 2.43 bits per heavy atom. The molecule has 0 aliphatic heterocycles. The number of hydrogen-bond acceptors (Lipinski definition) is 2. The lowest BCUT2D eigenvalue weighted by molar-refractivity contribution is 0.296. The zero-order chi connectivity index (χ0) is 15.4. The first kappa shape index (κ1) is 15.8. The highest BCUT2D eigenvalue weighted by Gasteiger charge is 2.11. The number of nitrogens with two attached hydrogens (primary N) is 1. The molecule has 2 nitrogen and oxygen atoms in total. The van der Waals surface area contributed by atoms with Gasteiger partial charge in [0.25, 0.3) is 0 Å². The second-order valence-corrected chi connectivity index (χ2v) is 5.49. The quantitative estimate of drug-likeness (QED) is 0.899. The molecule has 2 aromatic rings. The summed E-state index contributed by atoms with van der Waals surface area (Å²) in [5, 5.41) is 0.380. The standard InChI is InChI=1S/C17H19ClFNO/c1-11-8-13(6-7-20)9-12(2)17(11)21-10-14-15(18)4-3-5-16(14)19/h3-5,8-9H,6-7,10,20H2,1-2H3. The monoisotopic (exact) mass is 307 g/mol. The minimum absolute atomic E-state index is 0.115. The lowest BCUT2D eigenvalue weighted by atomic mass is 10.0. The van der Waals surface area contributed by atoms with Gasteiger partial charge in [-0.3, -0.25) is 0 Å². The van der Waals surface area contributed by atoms with Crippen molar-refractivity contribution in [3.63, 3.8) is 0 Å². The molecule has 0 radical (unpaired) electrons. The molecular weight excluding hydrogens is 289 g/mol. The van der Waals surface area contributed by atoms with Crippen molar-refractivity contribution in [2.45, 2.75) is 26.9 Å². The van der Waals surface area contributed by atoms with Crippen LogP contribution in [0.1, 0.15) is 22.3 Å². The Hall–Kier alpha value is -1.58. The largest absolute Gasteiger partial charge is 0.488 e. The summed E-state index contributed by atoms with van der Waals surface area (Å²) in [6.45, 7) is 4.68. The van der Waals surface area contributed by atoms with Crippen molar-refractivity contribution < 1.29 is 9.13 Å². The van der Waals surface area contributed by atoms with Crippen LogP contribution in [0.2, 0.25) is 5.02 Å². The summed E-state index contributed by atoms with van der Waals surface area (Å²) in [6, 6.07) is 8.73. The zero-order valence-electron chi connectivity index (χ0n) is 12.2. The fourth-order valence-corrected chi connectivity index (χ4v) is 2.61. The lowest BCUT2D eigenvalue weighted by Crippen LogP contribution is -2.05. The van der Waals surface area contributed by atoms with Gasteiger partial charge in [0.05, 0.1) is 5.02 Å². The first-order valence-electron chi connectivity index (χ1n) is 6.88. The van der Waals surface area contributed by atoms with Crippen molar-refractivity contribution in [3.8, 4) is 5.75 Å². The van der Waals surface area contributed by atoms with E-state index in [1.54, 1.807) is 12.1 Å². The van der Waals surface area contributed by atoms with Gasteiger partial charge in [0.15, 0.2) is 0 Å². The van der Waals surface area contributed by atoms with Crippen molar-refractivity contribution in [2.24, 2.45) is 5.73 Å². The molecule has 0 atom stereocenters. The van der Waals surface area contributed by atoms with E-state index in [4.69, 9.17) is 22.1 Å². The highest BCUT2D eigenvalue weighted by atomic mass is 35.5. The molecule has 0 aromatic heterocycles. The Kier molecular flexibility index (Phi) is 5.21. The third-order valence-corrected chi connectivity index (χ3v) is 3.73. The molecule has 0 unspecified atom stereocenters. The van der Waals surface area contributed by atoms with Crippen molar-refractivity contribution in [2.75, 3.05) is 6.54 Å². The Morgan fingerprint density at radius 1 is 1.19 bits per heavy atom. The van der Waals surface area contributed by atoms with E-state index in [0.717, 1.165) is 23.3 Å². The number of benzene rings is 2. The molecule has 0 fully saturated rings. The number of halogens is 2. The average Bonchev–Trinajstić information content (AvgIpc) is 2.41. The minimum atomic E-state index is -0.349. The summed E-state index contributed by atoms with van der Waals surface area (Å²) in [7, 11) is 0. The molecule has 2 rings (SSSR count). The van der Waals surface area contributed by atoms with Crippen molar-refractivity contribution in [1.29, 1.82) is 0 Å². The maximum Gasteiger partial charge on any atom is 0.131 e. The third-order valence-electron chi connectivity index (χ3n) is 3.38. The smallest absolute Gasteiger partial charge is 0.131 e. The first-order chi connectivity index (χ1) is 10.0. The summed E-state index contributed by atoms with van der Waals surface area (Å²) in [5.74, 6) is 0.424. The van der Waals surface area contributed by atoms with Crippen LogP contribution in [0.5, 0.6) is 5.75 Å². The number of aryl methyl sites for hydroxylation is 2. The van der Waals surface area contributed by atoms with E-state index in [-0.39, 0.29) is 12.4 Å². The summed E-state index contributed by atoms with van der Waals surface area (Å²) in [4.78, 5) is 0. The molecule has 2 N–H and O–H groups in total. The van der Waals surface area contributed by atoms with Gasteiger partial charge in [-0.15, -0.1) is 0 Å². The van der Waals surface area contributed by atoms with Crippen LogP contribution >= 0.6 is 11.6 Å². The Morgan fingerprint density at radius 2 is 1.86 bits per heavy atom. The van der Waals surface area contributed by atoms with E-state index < -0.39 is 0 Å². The number of ether oxygens (including phenoxy) is 1. The van der Waals surface area contributed by atoms with Gasteiger partial charge in [-0.25, -0.2) is 4.39 Å². The van der Waals surface area contributed by atoms with Crippen LogP contribution in [-0.2, 0) is 13.0 Å². The highest BCUT2D eigenvalue weighted by molar-refractivity contribution is 6.31. The molecule has 0 saturated heterocycles. The fourth-order valence-electron chi connectivity index (χ4n) is 2.39. The van der Waals surface area contributed by atoms with E-state index in [1.807, 2.05) is 13.8 Å². The Bertz CT molecular complexity index is 599. The van der Waals surface area contributed by atoms with Gasteiger partial charge in [-0.1, -0.05) is 29.8 Å². The lowest BCUT2D eigenvalue weighted by Gasteiger charge is -2.15. The van der Waals surface area contributed by atoms with Crippen LogP contribution in [0.15, 0.2) is 30.3 Å². The maximum atomic E-state index is 13.7. The average molecular weight is 308 g/mol. The molecule has 21 heavy (non-hydrogen) atoms. The molecule has 0 aliphatic rings. The predicted octanol–water partition coefficient (Wildman–Crippen LogP) is 4.18.